The van der Waals surface area contributed by atoms with Crippen LogP contribution in [-0.2, 0) is 7.05 Å². The first-order valence-corrected chi connectivity index (χ1v) is 5.50. The fourth-order valence-corrected chi connectivity index (χ4v) is 1.47. The van der Waals surface area contributed by atoms with Crippen molar-refractivity contribution in [2.24, 2.45) is 7.05 Å². The molecule has 6 nitrogen and oxygen atoms in total. The van der Waals surface area contributed by atoms with Crippen molar-refractivity contribution in [2.45, 2.75) is 0 Å². The molecule has 2 aromatic rings. The lowest BCUT2D eigenvalue weighted by Gasteiger charge is -2.10. The Bertz CT molecular complexity index is 544. The van der Waals surface area contributed by atoms with E-state index < -0.39 is 0 Å². The molecule has 0 saturated heterocycles. The van der Waals surface area contributed by atoms with Crippen LogP contribution >= 0.6 is 0 Å². The molecule has 0 aliphatic carbocycles. The van der Waals surface area contributed by atoms with Crippen molar-refractivity contribution >= 4 is 17.5 Å². The highest BCUT2D eigenvalue weighted by Gasteiger charge is 2.08. The maximum atomic E-state index is 11.7. The lowest BCUT2D eigenvalue weighted by atomic mass is 10.2. The monoisotopic (exact) mass is 245 g/mol. The van der Waals surface area contributed by atoms with Crippen LogP contribution in [0.2, 0.25) is 0 Å². The molecule has 0 radical (unpaired) electrons. The van der Waals surface area contributed by atoms with Crippen LogP contribution in [0.3, 0.4) is 0 Å². The van der Waals surface area contributed by atoms with E-state index in [4.69, 9.17) is 0 Å². The quantitative estimate of drug-likeness (QED) is 0.884. The Morgan fingerprint density at radius 2 is 2.06 bits per heavy atom. The van der Waals surface area contributed by atoms with Gasteiger partial charge in [-0.15, -0.1) is 0 Å². The van der Waals surface area contributed by atoms with Crippen LogP contribution in [0.25, 0.3) is 0 Å². The topological polar surface area (TPSA) is 63.1 Å². The minimum atomic E-state index is -0.0631. The van der Waals surface area contributed by atoms with E-state index >= 15 is 0 Å². The minimum absolute atomic E-state index is 0.0631. The number of rotatable bonds is 3. The number of pyridine rings is 1. The van der Waals surface area contributed by atoms with Crippen molar-refractivity contribution in [3.8, 4) is 0 Å². The first kappa shape index (κ1) is 12.1. The summed E-state index contributed by atoms with van der Waals surface area (Å²) in [5.41, 5.74) is 0.562. The number of nitrogens with one attached hydrogen (secondary N) is 1. The van der Waals surface area contributed by atoms with Gasteiger partial charge in [0, 0.05) is 39.6 Å². The summed E-state index contributed by atoms with van der Waals surface area (Å²) in [5.74, 6) is 1.31. The molecule has 0 aliphatic rings. The average molecular weight is 245 g/mol. The third kappa shape index (κ3) is 2.65. The SMILES string of the molecule is CN(C)C(=O)c1ccc(Nc2ccn(C)n2)nc1. The molecule has 0 saturated carbocycles. The van der Waals surface area contributed by atoms with E-state index in [9.17, 15) is 4.79 Å². The van der Waals surface area contributed by atoms with Gasteiger partial charge in [0.25, 0.3) is 5.91 Å². The fourth-order valence-electron chi connectivity index (χ4n) is 1.47. The van der Waals surface area contributed by atoms with Crippen molar-refractivity contribution in [3.63, 3.8) is 0 Å². The van der Waals surface area contributed by atoms with Crippen molar-refractivity contribution < 1.29 is 4.79 Å². The molecular weight excluding hydrogens is 230 g/mol. The summed E-state index contributed by atoms with van der Waals surface area (Å²) in [5, 5.41) is 7.23. The molecule has 0 fully saturated rings. The van der Waals surface area contributed by atoms with Crippen molar-refractivity contribution in [1.29, 1.82) is 0 Å². The Morgan fingerprint density at radius 1 is 1.28 bits per heavy atom. The van der Waals surface area contributed by atoms with E-state index in [1.54, 1.807) is 37.1 Å². The Kier molecular flexibility index (Phi) is 3.27. The Balaban J connectivity index is 2.10. The smallest absolute Gasteiger partial charge is 0.254 e. The van der Waals surface area contributed by atoms with E-state index in [2.05, 4.69) is 15.4 Å². The van der Waals surface area contributed by atoms with Gasteiger partial charge in [-0.25, -0.2) is 4.98 Å². The lowest BCUT2D eigenvalue weighted by molar-refractivity contribution is 0.0827. The second-order valence-electron chi connectivity index (χ2n) is 4.13. The number of hydrogen-bond donors (Lipinski definition) is 1. The Morgan fingerprint density at radius 3 is 2.56 bits per heavy atom. The Hall–Kier alpha value is -2.37. The highest BCUT2D eigenvalue weighted by atomic mass is 16.2. The first-order valence-electron chi connectivity index (χ1n) is 5.50. The number of aromatic nitrogens is 3. The summed E-state index contributed by atoms with van der Waals surface area (Å²) >= 11 is 0. The van der Waals surface area contributed by atoms with E-state index in [1.807, 2.05) is 19.3 Å². The summed E-state index contributed by atoms with van der Waals surface area (Å²) < 4.78 is 1.70. The molecule has 2 aromatic heterocycles. The number of carbonyl (C=O) groups excluding carboxylic acids is 1. The predicted molar refractivity (Wildman–Crippen MR) is 68.7 cm³/mol. The van der Waals surface area contributed by atoms with Crippen molar-refractivity contribution in [1.82, 2.24) is 19.7 Å². The molecule has 6 heteroatoms. The lowest BCUT2D eigenvalue weighted by Crippen LogP contribution is -2.21. The van der Waals surface area contributed by atoms with E-state index in [0.717, 1.165) is 5.82 Å². The van der Waals surface area contributed by atoms with Crippen LogP contribution in [0.4, 0.5) is 11.6 Å². The van der Waals surface area contributed by atoms with Crippen LogP contribution in [0.1, 0.15) is 10.4 Å². The number of anilines is 2. The second-order valence-corrected chi connectivity index (χ2v) is 4.13. The summed E-state index contributed by atoms with van der Waals surface area (Å²) in [6.07, 6.45) is 3.39. The van der Waals surface area contributed by atoms with Gasteiger partial charge in [-0.05, 0) is 12.1 Å². The minimum Gasteiger partial charge on any atom is -0.345 e. The molecule has 1 N–H and O–H groups in total. The van der Waals surface area contributed by atoms with Gasteiger partial charge in [0.1, 0.15) is 5.82 Å². The average Bonchev–Trinajstić information content (AvgIpc) is 2.75. The molecule has 2 heterocycles. The number of carbonyl (C=O) groups is 1. The van der Waals surface area contributed by atoms with Gasteiger partial charge in [0.2, 0.25) is 0 Å². The molecular formula is C12H15N5O. The third-order valence-electron chi connectivity index (χ3n) is 2.39. The highest BCUT2D eigenvalue weighted by Crippen LogP contribution is 2.12. The largest absolute Gasteiger partial charge is 0.345 e. The second kappa shape index (κ2) is 4.87. The molecule has 0 bridgehead atoms. The zero-order valence-corrected chi connectivity index (χ0v) is 10.6. The molecule has 0 atom stereocenters. The van der Waals surface area contributed by atoms with E-state index in [1.165, 1.54) is 4.90 Å². The first-order chi connectivity index (χ1) is 8.56. The fraction of sp³-hybridized carbons (Fsp3) is 0.250. The maximum Gasteiger partial charge on any atom is 0.254 e. The van der Waals surface area contributed by atoms with Gasteiger partial charge in [0.15, 0.2) is 5.82 Å². The summed E-state index contributed by atoms with van der Waals surface area (Å²) in [6.45, 7) is 0. The molecule has 0 aromatic carbocycles. The number of nitrogens with zero attached hydrogens (tertiary/aromatic N) is 4. The Labute approximate surface area is 105 Å². The van der Waals surface area contributed by atoms with Gasteiger partial charge in [0.05, 0.1) is 5.56 Å². The molecule has 0 spiro atoms. The summed E-state index contributed by atoms with van der Waals surface area (Å²) in [4.78, 5) is 17.4. The molecule has 1 amide bonds. The van der Waals surface area contributed by atoms with Gasteiger partial charge in [-0.1, -0.05) is 0 Å². The van der Waals surface area contributed by atoms with Gasteiger partial charge in [-0.3, -0.25) is 9.48 Å². The zero-order valence-electron chi connectivity index (χ0n) is 10.6. The van der Waals surface area contributed by atoms with Gasteiger partial charge < -0.3 is 10.2 Å². The van der Waals surface area contributed by atoms with Crippen LogP contribution in [0.5, 0.6) is 0 Å². The zero-order chi connectivity index (χ0) is 13.1. The number of hydrogen-bond acceptors (Lipinski definition) is 4. The van der Waals surface area contributed by atoms with Crippen molar-refractivity contribution in [2.75, 3.05) is 19.4 Å². The van der Waals surface area contributed by atoms with Crippen LogP contribution in [0.15, 0.2) is 30.6 Å². The molecule has 18 heavy (non-hydrogen) atoms. The molecule has 0 aliphatic heterocycles. The van der Waals surface area contributed by atoms with Crippen LogP contribution in [-0.4, -0.2) is 39.7 Å². The van der Waals surface area contributed by atoms with E-state index in [0.29, 0.717) is 11.4 Å². The normalized spacial score (nSPS) is 10.2. The highest BCUT2D eigenvalue weighted by molar-refractivity contribution is 5.93. The predicted octanol–water partition coefficient (Wildman–Crippen LogP) is 1.26. The van der Waals surface area contributed by atoms with Crippen LogP contribution < -0.4 is 5.32 Å². The third-order valence-corrected chi connectivity index (χ3v) is 2.39. The van der Waals surface area contributed by atoms with Crippen molar-refractivity contribution in [3.05, 3.63) is 36.2 Å². The van der Waals surface area contributed by atoms with Gasteiger partial charge in [-0.2, -0.15) is 5.10 Å². The molecule has 0 unspecified atom stereocenters. The number of aryl methyl sites for hydroxylation is 1. The molecule has 2 rings (SSSR count). The summed E-state index contributed by atoms with van der Waals surface area (Å²) in [7, 11) is 5.27. The van der Waals surface area contributed by atoms with E-state index in [-0.39, 0.29) is 5.91 Å². The standard InChI is InChI=1S/C12H15N5O/c1-16(2)12(18)9-4-5-10(13-8-9)14-11-6-7-17(3)15-11/h4-8H,1-3H3,(H,13,14,15). The maximum absolute atomic E-state index is 11.7. The summed E-state index contributed by atoms with van der Waals surface area (Å²) in [6, 6.07) is 5.34. The van der Waals surface area contributed by atoms with Gasteiger partial charge >= 0.3 is 0 Å². The van der Waals surface area contributed by atoms with Crippen LogP contribution in [0, 0.1) is 0 Å². The number of amides is 1. The molecule has 94 valence electrons.